The number of likely N-dealkylation sites (N-methyl/N-ethyl adjacent to an activating group) is 1. The van der Waals surface area contributed by atoms with Crippen LogP contribution < -0.4 is 0 Å². The first-order valence-electron chi connectivity index (χ1n) is 7.13. The molecule has 1 atom stereocenters. The Morgan fingerprint density at radius 3 is 2.00 bits per heavy atom. The van der Waals surface area contributed by atoms with E-state index in [1.54, 1.807) is 0 Å². The Balaban J connectivity index is 2.22. The van der Waals surface area contributed by atoms with Crippen LogP contribution >= 0.6 is 0 Å². The number of benzene rings is 1. The van der Waals surface area contributed by atoms with Gasteiger partial charge in [0.15, 0.2) is 0 Å². The van der Waals surface area contributed by atoms with Crippen LogP contribution in [0.15, 0.2) is 29.2 Å². The van der Waals surface area contributed by atoms with Gasteiger partial charge in [-0.05, 0) is 36.0 Å². The van der Waals surface area contributed by atoms with Crippen LogP contribution in [0.1, 0.15) is 26.3 Å². The number of nitrogens with zero attached hydrogens (tertiary/aromatic N) is 2. The van der Waals surface area contributed by atoms with Gasteiger partial charge in [0, 0.05) is 31.1 Å². The molecule has 0 radical (unpaired) electrons. The van der Waals surface area contributed by atoms with E-state index in [0.717, 1.165) is 31.1 Å². The molecule has 0 spiro atoms. The SMILES string of the molecule is C=S(=O)(c1ccc(C(C)(C)C)cc1)N1CCN(C)CC1. The third kappa shape index (κ3) is 3.25. The fourth-order valence-electron chi connectivity index (χ4n) is 2.40. The Hall–Kier alpha value is -0.840. The fraction of sp³-hybridized carbons (Fsp3) is 0.562. The summed E-state index contributed by atoms with van der Waals surface area (Å²) in [6.07, 6.45) is 0. The largest absolute Gasteiger partial charge is 0.304 e. The van der Waals surface area contributed by atoms with Crippen LogP contribution in [0.5, 0.6) is 0 Å². The molecule has 2 rings (SSSR count). The van der Waals surface area contributed by atoms with Crippen molar-refractivity contribution in [2.45, 2.75) is 31.1 Å². The Bertz CT molecular complexity index is 547. The maximum absolute atomic E-state index is 13.0. The molecule has 1 heterocycles. The number of hydrogen-bond donors (Lipinski definition) is 0. The predicted octanol–water partition coefficient (Wildman–Crippen LogP) is 2.22. The van der Waals surface area contributed by atoms with E-state index in [-0.39, 0.29) is 5.41 Å². The maximum Gasteiger partial charge on any atom is 0.0559 e. The zero-order chi connectivity index (χ0) is 15.0. The van der Waals surface area contributed by atoms with Gasteiger partial charge >= 0.3 is 0 Å². The first kappa shape index (κ1) is 15.5. The van der Waals surface area contributed by atoms with E-state index in [2.05, 4.69) is 50.7 Å². The molecule has 1 aliphatic heterocycles. The standard InChI is InChI=1S/C16H26N2OS/c1-16(2,3)14-6-8-15(9-7-14)20(5,19)18-12-10-17(4)11-13-18/h6-9H,5,10-13H2,1-4H3. The highest BCUT2D eigenvalue weighted by atomic mass is 32.2. The molecule has 0 bridgehead atoms. The highest BCUT2D eigenvalue weighted by Crippen LogP contribution is 2.25. The molecule has 0 aliphatic carbocycles. The molecule has 0 saturated carbocycles. The van der Waals surface area contributed by atoms with E-state index < -0.39 is 9.71 Å². The summed E-state index contributed by atoms with van der Waals surface area (Å²) < 4.78 is 15.0. The van der Waals surface area contributed by atoms with Gasteiger partial charge in [-0.15, -0.1) is 0 Å². The molecule has 1 saturated heterocycles. The van der Waals surface area contributed by atoms with Crippen LogP contribution in [0, 0.1) is 0 Å². The Morgan fingerprint density at radius 1 is 1.05 bits per heavy atom. The lowest BCUT2D eigenvalue weighted by Gasteiger charge is -2.34. The summed E-state index contributed by atoms with van der Waals surface area (Å²) >= 11 is 0. The zero-order valence-corrected chi connectivity index (χ0v) is 13.9. The summed E-state index contributed by atoms with van der Waals surface area (Å²) in [7, 11) is -0.243. The van der Waals surface area contributed by atoms with Gasteiger partial charge in [0.1, 0.15) is 0 Å². The normalized spacial score (nSPS) is 21.6. The van der Waals surface area contributed by atoms with Crippen LogP contribution in [-0.4, -0.2) is 52.5 Å². The molecule has 1 aliphatic rings. The molecule has 4 heteroatoms. The fourth-order valence-corrected chi connectivity index (χ4v) is 4.01. The molecule has 112 valence electrons. The van der Waals surface area contributed by atoms with Crippen molar-refractivity contribution in [2.75, 3.05) is 33.2 Å². The molecule has 0 amide bonds. The lowest BCUT2D eigenvalue weighted by molar-refractivity contribution is 0.228. The Morgan fingerprint density at radius 2 is 1.55 bits per heavy atom. The van der Waals surface area contributed by atoms with E-state index in [1.807, 2.05) is 16.4 Å². The lowest BCUT2D eigenvalue weighted by Crippen LogP contribution is -2.46. The third-order valence-corrected chi connectivity index (χ3v) is 6.18. The van der Waals surface area contributed by atoms with Crippen LogP contribution in [0.3, 0.4) is 0 Å². The van der Waals surface area contributed by atoms with Crippen molar-refractivity contribution in [1.82, 2.24) is 9.21 Å². The smallest absolute Gasteiger partial charge is 0.0559 e. The predicted molar refractivity (Wildman–Crippen MR) is 87.7 cm³/mol. The van der Waals surface area contributed by atoms with Gasteiger partial charge in [-0.3, -0.25) is 0 Å². The van der Waals surface area contributed by atoms with E-state index in [0.29, 0.717) is 0 Å². The van der Waals surface area contributed by atoms with Crippen molar-refractivity contribution >= 4 is 15.6 Å². The van der Waals surface area contributed by atoms with Crippen LogP contribution in [0.2, 0.25) is 0 Å². The molecule has 0 N–H and O–H groups in total. The van der Waals surface area contributed by atoms with Crippen molar-refractivity contribution in [3.63, 3.8) is 0 Å². The Labute approximate surface area is 123 Å². The molecule has 20 heavy (non-hydrogen) atoms. The minimum absolute atomic E-state index is 0.119. The molecular weight excluding hydrogens is 268 g/mol. The lowest BCUT2D eigenvalue weighted by atomic mass is 9.87. The first-order chi connectivity index (χ1) is 9.21. The highest BCUT2D eigenvalue weighted by Gasteiger charge is 2.23. The average molecular weight is 294 g/mol. The topological polar surface area (TPSA) is 23.6 Å². The van der Waals surface area contributed by atoms with Crippen LogP contribution in [0.25, 0.3) is 0 Å². The number of hydrogen-bond acceptors (Lipinski definition) is 2. The Kier molecular flexibility index (Phi) is 4.28. The third-order valence-electron chi connectivity index (χ3n) is 3.97. The van der Waals surface area contributed by atoms with E-state index in [9.17, 15) is 4.21 Å². The van der Waals surface area contributed by atoms with Crippen LogP contribution in [0.4, 0.5) is 0 Å². The summed E-state index contributed by atoms with van der Waals surface area (Å²) in [5, 5.41) is 0. The van der Waals surface area contributed by atoms with Crippen molar-refractivity contribution < 1.29 is 4.21 Å². The second-order valence-corrected chi connectivity index (χ2v) is 8.92. The van der Waals surface area contributed by atoms with Crippen molar-refractivity contribution in [1.29, 1.82) is 0 Å². The molecule has 1 fully saturated rings. The first-order valence-corrected chi connectivity index (χ1v) is 8.81. The average Bonchev–Trinajstić information content (AvgIpc) is 2.38. The maximum atomic E-state index is 13.0. The van der Waals surface area contributed by atoms with Gasteiger partial charge in [-0.1, -0.05) is 32.9 Å². The van der Waals surface area contributed by atoms with E-state index in [1.165, 1.54) is 5.56 Å². The van der Waals surface area contributed by atoms with Gasteiger partial charge < -0.3 is 4.90 Å². The molecular formula is C16H26N2OS. The van der Waals surface area contributed by atoms with E-state index in [4.69, 9.17) is 0 Å². The van der Waals surface area contributed by atoms with Gasteiger partial charge in [0.2, 0.25) is 0 Å². The number of rotatable bonds is 2. The summed E-state index contributed by atoms with van der Waals surface area (Å²) in [4.78, 5) is 3.10. The summed E-state index contributed by atoms with van der Waals surface area (Å²) in [6, 6.07) is 8.12. The summed E-state index contributed by atoms with van der Waals surface area (Å²) in [6.45, 7) is 10.1. The summed E-state index contributed by atoms with van der Waals surface area (Å²) in [5.41, 5.74) is 1.38. The molecule has 0 aromatic heterocycles. The number of piperazine rings is 1. The van der Waals surface area contributed by atoms with Gasteiger partial charge in [-0.25, -0.2) is 8.51 Å². The summed E-state index contributed by atoms with van der Waals surface area (Å²) in [5.74, 6) is 4.02. The van der Waals surface area contributed by atoms with Crippen molar-refractivity contribution in [3.05, 3.63) is 29.8 Å². The van der Waals surface area contributed by atoms with Gasteiger partial charge in [0.25, 0.3) is 0 Å². The van der Waals surface area contributed by atoms with Gasteiger partial charge in [-0.2, -0.15) is 0 Å². The molecule has 1 unspecified atom stereocenters. The van der Waals surface area contributed by atoms with Crippen LogP contribution in [-0.2, 0) is 15.1 Å². The molecule has 1 aromatic rings. The second kappa shape index (κ2) is 5.51. The quantitative estimate of drug-likeness (QED) is 0.781. The van der Waals surface area contributed by atoms with Gasteiger partial charge in [0.05, 0.1) is 9.71 Å². The van der Waals surface area contributed by atoms with Crippen molar-refractivity contribution in [3.8, 4) is 0 Å². The monoisotopic (exact) mass is 294 g/mol. The minimum Gasteiger partial charge on any atom is -0.304 e. The zero-order valence-electron chi connectivity index (χ0n) is 13.1. The highest BCUT2D eigenvalue weighted by molar-refractivity contribution is 7.98. The van der Waals surface area contributed by atoms with E-state index >= 15 is 0 Å². The molecule has 1 aromatic carbocycles. The van der Waals surface area contributed by atoms with Crippen molar-refractivity contribution in [2.24, 2.45) is 0 Å². The minimum atomic E-state index is -2.34. The molecule has 3 nitrogen and oxygen atoms in total. The second-order valence-electron chi connectivity index (χ2n) is 6.65.